The first-order chi connectivity index (χ1) is 9.65. The number of aliphatic hydroxyl groups is 1. The van der Waals surface area contributed by atoms with Crippen LogP contribution in [0.2, 0.25) is 0 Å². The summed E-state index contributed by atoms with van der Waals surface area (Å²) in [6, 6.07) is 0. The van der Waals surface area contributed by atoms with Crippen molar-refractivity contribution >= 4 is 5.91 Å². The third-order valence-corrected chi connectivity index (χ3v) is 4.36. The van der Waals surface area contributed by atoms with E-state index in [1.165, 1.54) is 19.3 Å². The quantitative estimate of drug-likeness (QED) is 0.813. The van der Waals surface area contributed by atoms with Crippen LogP contribution in [0.15, 0.2) is 0 Å². The number of β-amino-alcohol motifs (C(OH)–C–C–N with tert-alkyl or cyclic N) is 1. The number of hydrogen-bond donors (Lipinski definition) is 1. The molecule has 0 bridgehead atoms. The average Bonchev–Trinajstić information content (AvgIpc) is 2.47. The Hall–Kier alpha value is -0.650. The predicted molar refractivity (Wildman–Crippen MR) is 77.5 cm³/mol. The molecule has 1 heterocycles. The molecule has 1 aliphatic carbocycles. The lowest BCUT2D eigenvalue weighted by atomic mass is 9.98. The van der Waals surface area contributed by atoms with E-state index in [-0.39, 0.29) is 5.91 Å². The molecule has 1 amide bonds. The van der Waals surface area contributed by atoms with E-state index in [1.807, 2.05) is 4.90 Å². The maximum atomic E-state index is 11.2. The minimum absolute atomic E-state index is 0.144. The molecule has 1 saturated carbocycles. The Balaban J connectivity index is 1.60. The van der Waals surface area contributed by atoms with Crippen LogP contribution in [0.1, 0.15) is 39.0 Å². The fourth-order valence-electron chi connectivity index (χ4n) is 3.08. The van der Waals surface area contributed by atoms with E-state index in [0.29, 0.717) is 19.3 Å². The number of rotatable bonds is 5. The third-order valence-electron chi connectivity index (χ3n) is 4.36. The van der Waals surface area contributed by atoms with Crippen molar-refractivity contribution in [2.75, 3.05) is 39.3 Å². The monoisotopic (exact) mass is 284 g/mol. The van der Waals surface area contributed by atoms with Crippen molar-refractivity contribution in [2.45, 2.75) is 51.2 Å². The summed E-state index contributed by atoms with van der Waals surface area (Å²) in [7, 11) is 0. The van der Waals surface area contributed by atoms with E-state index < -0.39 is 6.10 Å². The summed E-state index contributed by atoms with van der Waals surface area (Å²) < 4.78 is 5.80. The molecule has 1 N–H and O–H groups in total. The molecule has 5 nitrogen and oxygen atoms in total. The van der Waals surface area contributed by atoms with Gasteiger partial charge >= 0.3 is 0 Å². The first-order valence-electron chi connectivity index (χ1n) is 7.92. The van der Waals surface area contributed by atoms with Gasteiger partial charge in [0, 0.05) is 39.6 Å². The molecular formula is C15H28N2O3. The van der Waals surface area contributed by atoms with E-state index in [0.717, 1.165) is 39.0 Å². The van der Waals surface area contributed by atoms with Crippen LogP contribution in [0.4, 0.5) is 0 Å². The second-order valence-corrected chi connectivity index (χ2v) is 6.05. The Labute approximate surface area is 121 Å². The zero-order valence-electron chi connectivity index (χ0n) is 12.6. The molecule has 1 aliphatic heterocycles. The Morgan fingerprint density at radius 2 is 1.85 bits per heavy atom. The smallest absolute Gasteiger partial charge is 0.219 e. The molecule has 0 aromatic rings. The van der Waals surface area contributed by atoms with Gasteiger partial charge in [0.2, 0.25) is 5.91 Å². The second kappa shape index (κ2) is 7.96. The first-order valence-corrected chi connectivity index (χ1v) is 7.92. The van der Waals surface area contributed by atoms with E-state index in [4.69, 9.17) is 4.74 Å². The number of amides is 1. The third kappa shape index (κ3) is 5.04. The van der Waals surface area contributed by atoms with Gasteiger partial charge in [0.05, 0.1) is 18.8 Å². The van der Waals surface area contributed by atoms with Gasteiger partial charge in [-0.3, -0.25) is 9.69 Å². The van der Waals surface area contributed by atoms with Gasteiger partial charge in [-0.05, 0) is 12.8 Å². The van der Waals surface area contributed by atoms with Crippen LogP contribution >= 0.6 is 0 Å². The minimum atomic E-state index is -0.416. The SMILES string of the molecule is CC(=O)N1CCN(C[C@@H](O)COC2CCCCC2)CC1. The normalized spacial score (nSPS) is 23.8. The Kier molecular flexibility index (Phi) is 6.26. The lowest BCUT2D eigenvalue weighted by Gasteiger charge is -2.35. The Morgan fingerprint density at radius 3 is 2.45 bits per heavy atom. The van der Waals surface area contributed by atoms with Gasteiger partial charge in [0.25, 0.3) is 0 Å². The van der Waals surface area contributed by atoms with E-state index in [9.17, 15) is 9.90 Å². The van der Waals surface area contributed by atoms with Crippen molar-refractivity contribution in [3.63, 3.8) is 0 Å². The molecule has 0 aromatic carbocycles. The van der Waals surface area contributed by atoms with Crippen molar-refractivity contribution in [3.8, 4) is 0 Å². The first kappa shape index (κ1) is 15.7. The highest BCUT2D eigenvalue weighted by atomic mass is 16.5. The summed E-state index contributed by atoms with van der Waals surface area (Å²) in [5.41, 5.74) is 0. The van der Waals surface area contributed by atoms with Crippen LogP contribution < -0.4 is 0 Å². The average molecular weight is 284 g/mol. The molecule has 0 aromatic heterocycles. The van der Waals surface area contributed by atoms with Crippen LogP contribution in [0, 0.1) is 0 Å². The maximum absolute atomic E-state index is 11.2. The van der Waals surface area contributed by atoms with Gasteiger partial charge in [0.15, 0.2) is 0 Å². The highest BCUT2D eigenvalue weighted by Crippen LogP contribution is 2.20. The zero-order valence-corrected chi connectivity index (χ0v) is 12.6. The molecule has 2 rings (SSSR count). The molecule has 1 saturated heterocycles. The fraction of sp³-hybridized carbons (Fsp3) is 0.933. The van der Waals surface area contributed by atoms with E-state index >= 15 is 0 Å². The highest BCUT2D eigenvalue weighted by molar-refractivity contribution is 5.73. The summed E-state index contributed by atoms with van der Waals surface area (Å²) in [5, 5.41) is 10.1. The molecule has 2 fully saturated rings. The van der Waals surface area contributed by atoms with E-state index in [1.54, 1.807) is 6.92 Å². The molecule has 5 heteroatoms. The van der Waals surface area contributed by atoms with Crippen LogP contribution in [0.5, 0.6) is 0 Å². The van der Waals surface area contributed by atoms with Gasteiger partial charge in [-0.15, -0.1) is 0 Å². The van der Waals surface area contributed by atoms with Crippen molar-refractivity contribution in [2.24, 2.45) is 0 Å². The number of piperazine rings is 1. The number of hydrogen-bond acceptors (Lipinski definition) is 4. The molecule has 20 heavy (non-hydrogen) atoms. The lowest BCUT2D eigenvalue weighted by Crippen LogP contribution is -2.50. The van der Waals surface area contributed by atoms with Crippen LogP contribution in [-0.2, 0) is 9.53 Å². The van der Waals surface area contributed by atoms with Gasteiger partial charge in [0.1, 0.15) is 0 Å². The van der Waals surface area contributed by atoms with Gasteiger partial charge < -0.3 is 14.7 Å². The van der Waals surface area contributed by atoms with E-state index in [2.05, 4.69) is 4.90 Å². The zero-order chi connectivity index (χ0) is 14.4. The standard InChI is InChI=1S/C15H28N2O3/c1-13(18)17-9-7-16(8-10-17)11-14(19)12-20-15-5-3-2-4-6-15/h14-15,19H,2-12H2,1H3/t14-/m1/s1. The largest absolute Gasteiger partial charge is 0.389 e. The van der Waals surface area contributed by atoms with Crippen molar-refractivity contribution in [3.05, 3.63) is 0 Å². The maximum Gasteiger partial charge on any atom is 0.219 e. The summed E-state index contributed by atoms with van der Waals surface area (Å²) in [5.74, 6) is 0.144. The van der Waals surface area contributed by atoms with Crippen LogP contribution in [0.25, 0.3) is 0 Å². The topological polar surface area (TPSA) is 53.0 Å². The molecule has 0 radical (unpaired) electrons. The van der Waals surface area contributed by atoms with Gasteiger partial charge in [-0.1, -0.05) is 19.3 Å². The fourth-order valence-corrected chi connectivity index (χ4v) is 3.08. The Bertz CT molecular complexity index is 297. The molecule has 0 unspecified atom stereocenters. The lowest BCUT2D eigenvalue weighted by molar-refractivity contribution is -0.130. The molecule has 116 valence electrons. The molecule has 1 atom stereocenters. The summed E-state index contributed by atoms with van der Waals surface area (Å²) in [4.78, 5) is 15.3. The molecule has 0 spiro atoms. The molecule has 2 aliphatic rings. The number of carbonyl (C=O) groups excluding carboxylic acids is 1. The van der Waals surface area contributed by atoms with Crippen LogP contribution in [-0.4, -0.2) is 72.4 Å². The Morgan fingerprint density at radius 1 is 1.20 bits per heavy atom. The number of aliphatic hydroxyl groups excluding tert-OH is 1. The second-order valence-electron chi connectivity index (χ2n) is 6.05. The number of nitrogens with zero attached hydrogens (tertiary/aromatic N) is 2. The van der Waals surface area contributed by atoms with Crippen molar-refractivity contribution in [1.29, 1.82) is 0 Å². The predicted octanol–water partition coefficient (Wildman–Crippen LogP) is 0.861. The van der Waals surface area contributed by atoms with Crippen LogP contribution in [0.3, 0.4) is 0 Å². The summed E-state index contributed by atoms with van der Waals surface area (Å²) >= 11 is 0. The van der Waals surface area contributed by atoms with Crippen molar-refractivity contribution in [1.82, 2.24) is 9.80 Å². The molecular weight excluding hydrogens is 256 g/mol. The van der Waals surface area contributed by atoms with Crippen molar-refractivity contribution < 1.29 is 14.6 Å². The summed E-state index contributed by atoms with van der Waals surface area (Å²) in [6.07, 6.45) is 6.06. The highest BCUT2D eigenvalue weighted by Gasteiger charge is 2.21. The van der Waals surface area contributed by atoms with Gasteiger partial charge in [-0.25, -0.2) is 0 Å². The number of carbonyl (C=O) groups is 1. The summed E-state index contributed by atoms with van der Waals surface area (Å²) in [6.45, 7) is 5.94. The number of ether oxygens (including phenoxy) is 1. The minimum Gasteiger partial charge on any atom is -0.389 e. The van der Waals surface area contributed by atoms with Gasteiger partial charge in [-0.2, -0.15) is 0 Å².